The molecule has 1 amide bonds. The molecule has 0 spiro atoms. The number of nitrogens with zero attached hydrogens (tertiary/aromatic N) is 2. The Kier molecular flexibility index (Phi) is 2.21. The lowest BCUT2D eigenvalue weighted by atomic mass is 10.4. The largest absolute Gasteiger partial charge is 0.316 e. The molecular formula is C8H10N2O. The molecule has 0 atom stereocenters. The van der Waals surface area contributed by atoms with Crippen molar-refractivity contribution >= 4 is 11.6 Å². The average molecular weight is 150 g/mol. The van der Waals surface area contributed by atoms with Gasteiger partial charge >= 0.3 is 0 Å². The topological polar surface area (TPSA) is 33.2 Å². The van der Waals surface area contributed by atoms with E-state index in [1.165, 1.54) is 6.92 Å². The molecule has 0 aliphatic heterocycles. The molecule has 0 saturated heterocycles. The van der Waals surface area contributed by atoms with Crippen LogP contribution in [0.4, 0.5) is 5.69 Å². The van der Waals surface area contributed by atoms with E-state index in [1.54, 1.807) is 36.5 Å². The fourth-order valence-corrected chi connectivity index (χ4v) is 0.749. The third-order valence-electron chi connectivity index (χ3n) is 1.52. The lowest BCUT2D eigenvalue weighted by Crippen LogP contribution is -2.22. The van der Waals surface area contributed by atoms with Gasteiger partial charge in [-0.2, -0.15) is 0 Å². The second-order valence-electron chi connectivity index (χ2n) is 2.28. The highest BCUT2D eigenvalue weighted by atomic mass is 16.2. The normalized spacial score (nSPS) is 9.27. The molecule has 0 saturated carbocycles. The summed E-state index contributed by atoms with van der Waals surface area (Å²) in [5, 5.41) is 0. The van der Waals surface area contributed by atoms with Crippen LogP contribution in [0.1, 0.15) is 6.92 Å². The minimum atomic E-state index is 0.0243. The standard InChI is InChI=1S/C8H10N2O/c1-7(11)10(2)8-3-5-9-6-4-8/h3-6H,1-2H3. The highest BCUT2D eigenvalue weighted by molar-refractivity contribution is 5.90. The van der Waals surface area contributed by atoms with Crippen molar-refractivity contribution in [3.63, 3.8) is 0 Å². The van der Waals surface area contributed by atoms with Crippen LogP contribution < -0.4 is 4.90 Å². The highest BCUT2D eigenvalue weighted by Gasteiger charge is 2.02. The summed E-state index contributed by atoms with van der Waals surface area (Å²) in [6.45, 7) is 1.53. The molecule has 58 valence electrons. The molecule has 0 unspecified atom stereocenters. The quantitative estimate of drug-likeness (QED) is 0.599. The maximum Gasteiger partial charge on any atom is 0.223 e. The maximum atomic E-state index is 10.8. The van der Waals surface area contributed by atoms with Gasteiger partial charge in [0.25, 0.3) is 0 Å². The SMILES string of the molecule is CC(=O)N(C)c1ccncc1. The first-order chi connectivity index (χ1) is 5.22. The average Bonchev–Trinajstić information content (AvgIpc) is 2.05. The molecule has 0 bridgehead atoms. The Morgan fingerprint density at radius 3 is 2.45 bits per heavy atom. The molecule has 3 nitrogen and oxygen atoms in total. The zero-order valence-electron chi connectivity index (χ0n) is 6.61. The van der Waals surface area contributed by atoms with Crippen LogP contribution in [0.25, 0.3) is 0 Å². The Morgan fingerprint density at radius 2 is 2.00 bits per heavy atom. The Bertz CT molecular complexity index is 246. The van der Waals surface area contributed by atoms with Gasteiger partial charge in [0.15, 0.2) is 0 Å². The lowest BCUT2D eigenvalue weighted by molar-refractivity contribution is -0.116. The van der Waals surface area contributed by atoms with Crippen LogP contribution in [0, 0.1) is 0 Å². The molecule has 1 heterocycles. The van der Waals surface area contributed by atoms with E-state index in [2.05, 4.69) is 4.98 Å². The molecule has 0 N–H and O–H groups in total. The van der Waals surface area contributed by atoms with Crippen molar-refractivity contribution in [3.05, 3.63) is 24.5 Å². The van der Waals surface area contributed by atoms with Crippen LogP contribution in [0.5, 0.6) is 0 Å². The van der Waals surface area contributed by atoms with Crippen LogP contribution in [0.15, 0.2) is 24.5 Å². The summed E-state index contributed by atoms with van der Waals surface area (Å²) >= 11 is 0. The van der Waals surface area contributed by atoms with Crippen molar-refractivity contribution < 1.29 is 4.79 Å². The van der Waals surface area contributed by atoms with Crippen molar-refractivity contribution in [2.45, 2.75) is 6.92 Å². The highest BCUT2D eigenvalue weighted by Crippen LogP contribution is 2.08. The Morgan fingerprint density at radius 1 is 1.45 bits per heavy atom. The van der Waals surface area contributed by atoms with E-state index in [0.29, 0.717) is 0 Å². The molecule has 1 aromatic heterocycles. The molecule has 0 aromatic carbocycles. The summed E-state index contributed by atoms with van der Waals surface area (Å²) in [5.41, 5.74) is 0.868. The van der Waals surface area contributed by atoms with E-state index in [9.17, 15) is 4.79 Å². The number of rotatable bonds is 1. The van der Waals surface area contributed by atoms with Gasteiger partial charge < -0.3 is 4.90 Å². The molecule has 11 heavy (non-hydrogen) atoms. The zero-order chi connectivity index (χ0) is 8.27. The van der Waals surface area contributed by atoms with Gasteiger partial charge in [0.05, 0.1) is 0 Å². The van der Waals surface area contributed by atoms with Gasteiger partial charge in [-0.15, -0.1) is 0 Å². The fourth-order valence-electron chi connectivity index (χ4n) is 0.749. The monoisotopic (exact) mass is 150 g/mol. The first kappa shape index (κ1) is 7.72. The van der Waals surface area contributed by atoms with Crippen LogP contribution >= 0.6 is 0 Å². The van der Waals surface area contributed by atoms with Crippen LogP contribution in [-0.2, 0) is 4.79 Å². The Balaban J connectivity index is 2.85. The number of pyridine rings is 1. The molecular weight excluding hydrogens is 140 g/mol. The summed E-state index contributed by atoms with van der Waals surface area (Å²) in [4.78, 5) is 16.3. The van der Waals surface area contributed by atoms with Crippen molar-refractivity contribution in [1.29, 1.82) is 0 Å². The van der Waals surface area contributed by atoms with E-state index >= 15 is 0 Å². The maximum absolute atomic E-state index is 10.8. The van der Waals surface area contributed by atoms with Crippen LogP contribution in [-0.4, -0.2) is 17.9 Å². The molecule has 3 heteroatoms. The van der Waals surface area contributed by atoms with Crippen LogP contribution in [0.2, 0.25) is 0 Å². The zero-order valence-corrected chi connectivity index (χ0v) is 6.61. The number of amides is 1. The minimum Gasteiger partial charge on any atom is -0.316 e. The summed E-state index contributed by atoms with van der Waals surface area (Å²) < 4.78 is 0. The van der Waals surface area contributed by atoms with Gasteiger partial charge in [-0.1, -0.05) is 0 Å². The molecule has 1 rings (SSSR count). The number of carbonyl (C=O) groups is 1. The predicted molar refractivity (Wildman–Crippen MR) is 43.3 cm³/mol. The van der Waals surface area contributed by atoms with Gasteiger partial charge in [0, 0.05) is 32.1 Å². The second-order valence-corrected chi connectivity index (χ2v) is 2.28. The number of hydrogen-bond donors (Lipinski definition) is 0. The molecule has 1 aromatic rings. The van der Waals surface area contributed by atoms with Crippen LogP contribution in [0.3, 0.4) is 0 Å². The number of aromatic nitrogens is 1. The van der Waals surface area contributed by atoms with Crippen molar-refractivity contribution in [3.8, 4) is 0 Å². The summed E-state index contributed by atoms with van der Waals surface area (Å²) in [7, 11) is 1.73. The summed E-state index contributed by atoms with van der Waals surface area (Å²) in [6, 6.07) is 3.59. The molecule has 0 radical (unpaired) electrons. The molecule has 0 aliphatic rings. The second kappa shape index (κ2) is 3.14. The summed E-state index contributed by atoms with van der Waals surface area (Å²) in [5.74, 6) is 0.0243. The Labute approximate surface area is 65.7 Å². The predicted octanol–water partition coefficient (Wildman–Crippen LogP) is 1.06. The van der Waals surface area contributed by atoms with Gasteiger partial charge in [0.1, 0.15) is 0 Å². The van der Waals surface area contributed by atoms with Gasteiger partial charge in [-0.25, -0.2) is 0 Å². The van der Waals surface area contributed by atoms with E-state index in [-0.39, 0.29) is 5.91 Å². The number of anilines is 1. The van der Waals surface area contributed by atoms with Gasteiger partial charge in [-0.05, 0) is 12.1 Å². The van der Waals surface area contributed by atoms with Gasteiger partial charge in [0.2, 0.25) is 5.91 Å². The fraction of sp³-hybridized carbons (Fsp3) is 0.250. The van der Waals surface area contributed by atoms with Gasteiger partial charge in [-0.3, -0.25) is 9.78 Å². The molecule has 0 fully saturated rings. The van der Waals surface area contributed by atoms with E-state index in [0.717, 1.165) is 5.69 Å². The first-order valence-corrected chi connectivity index (χ1v) is 3.36. The number of carbonyl (C=O) groups excluding carboxylic acids is 1. The Hall–Kier alpha value is -1.38. The van der Waals surface area contributed by atoms with Crippen molar-refractivity contribution in [1.82, 2.24) is 4.98 Å². The minimum absolute atomic E-state index is 0.0243. The summed E-state index contributed by atoms with van der Waals surface area (Å²) in [6.07, 6.45) is 3.32. The van der Waals surface area contributed by atoms with Crippen molar-refractivity contribution in [2.24, 2.45) is 0 Å². The van der Waals surface area contributed by atoms with E-state index in [1.807, 2.05) is 0 Å². The third kappa shape index (κ3) is 1.77. The van der Waals surface area contributed by atoms with Crippen molar-refractivity contribution in [2.75, 3.05) is 11.9 Å². The first-order valence-electron chi connectivity index (χ1n) is 3.36. The lowest BCUT2D eigenvalue weighted by Gasteiger charge is -2.13. The number of hydrogen-bond acceptors (Lipinski definition) is 2. The van der Waals surface area contributed by atoms with E-state index in [4.69, 9.17) is 0 Å². The molecule has 0 aliphatic carbocycles. The third-order valence-corrected chi connectivity index (χ3v) is 1.52. The smallest absolute Gasteiger partial charge is 0.223 e. The van der Waals surface area contributed by atoms with E-state index < -0.39 is 0 Å².